The van der Waals surface area contributed by atoms with E-state index in [1.165, 1.54) is 0 Å². The molecule has 0 N–H and O–H groups in total. The second kappa shape index (κ2) is 8.06. The molecule has 1 aromatic heterocycles. The van der Waals surface area contributed by atoms with E-state index in [1.807, 2.05) is 68.4 Å². The molecule has 0 saturated carbocycles. The van der Waals surface area contributed by atoms with Gasteiger partial charge in [0.1, 0.15) is 11.6 Å². The number of carbonyl (C=O) groups excluding carboxylic acids is 1. The van der Waals surface area contributed by atoms with Crippen LogP contribution in [0.5, 0.6) is 5.75 Å². The molecule has 0 fully saturated rings. The topological polar surface area (TPSA) is 64.4 Å². The zero-order chi connectivity index (χ0) is 23.1. The molecule has 2 heterocycles. The van der Waals surface area contributed by atoms with Gasteiger partial charge in [-0.05, 0) is 62.4 Å². The minimum Gasteiger partial charge on any atom is -0.497 e. The van der Waals surface area contributed by atoms with Crippen molar-refractivity contribution in [2.45, 2.75) is 19.9 Å². The van der Waals surface area contributed by atoms with Gasteiger partial charge in [-0.15, -0.1) is 0 Å². The van der Waals surface area contributed by atoms with Crippen molar-refractivity contribution in [2.75, 3.05) is 12.0 Å². The third-order valence-corrected chi connectivity index (χ3v) is 5.83. The van der Waals surface area contributed by atoms with Crippen molar-refractivity contribution in [3.05, 3.63) is 94.5 Å². The fraction of sp³-hybridized carbons (Fsp3) is 0.148. The molecule has 0 saturated heterocycles. The summed E-state index contributed by atoms with van der Waals surface area (Å²) in [6.07, 6.45) is 1.72. The van der Waals surface area contributed by atoms with Crippen LogP contribution in [0, 0.1) is 0 Å². The number of rotatable bonds is 4. The summed E-state index contributed by atoms with van der Waals surface area (Å²) < 4.78 is 6.81. The first-order valence-corrected chi connectivity index (χ1v) is 10.8. The first-order chi connectivity index (χ1) is 16.0. The quantitative estimate of drug-likeness (QED) is 0.435. The number of anilines is 1. The molecule has 1 aliphatic heterocycles. The van der Waals surface area contributed by atoms with Crippen LogP contribution in [-0.4, -0.2) is 28.6 Å². The Bertz CT molecular complexity index is 1470. The number of nitrogens with zero attached hydrogens (tertiary/aromatic N) is 3. The van der Waals surface area contributed by atoms with Crippen molar-refractivity contribution in [3.8, 4) is 11.4 Å². The molecule has 0 spiro atoms. The third-order valence-electron chi connectivity index (χ3n) is 5.83. The Morgan fingerprint density at radius 2 is 1.61 bits per heavy atom. The Morgan fingerprint density at radius 1 is 0.909 bits per heavy atom. The number of fused-ring (bicyclic) bond motifs is 2. The summed E-state index contributed by atoms with van der Waals surface area (Å²) >= 11 is 0. The van der Waals surface area contributed by atoms with Crippen LogP contribution in [0.4, 0.5) is 5.69 Å². The fourth-order valence-corrected chi connectivity index (χ4v) is 4.27. The van der Waals surface area contributed by atoms with Gasteiger partial charge in [-0.25, -0.2) is 4.98 Å². The van der Waals surface area contributed by atoms with Crippen LogP contribution >= 0.6 is 0 Å². The molecule has 164 valence electrons. The van der Waals surface area contributed by atoms with E-state index in [0.29, 0.717) is 33.7 Å². The third kappa shape index (κ3) is 3.40. The minimum absolute atomic E-state index is 0.00195. The van der Waals surface area contributed by atoms with Gasteiger partial charge in [-0.3, -0.25) is 14.2 Å². The molecular weight excluding hydrogens is 414 g/mol. The van der Waals surface area contributed by atoms with E-state index in [1.54, 1.807) is 40.9 Å². The molecule has 3 aromatic carbocycles. The van der Waals surface area contributed by atoms with Gasteiger partial charge in [0.25, 0.3) is 11.5 Å². The lowest BCUT2D eigenvalue weighted by Gasteiger charge is -2.21. The van der Waals surface area contributed by atoms with Crippen molar-refractivity contribution >= 4 is 34.1 Å². The molecule has 5 rings (SSSR count). The maximum atomic E-state index is 13.5. The zero-order valence-electron chi connectivity index (χ0n) is 18.6. The van der Waals surface area contributed by atoms with Crippen LogP contribution in [0.25, 0.3) is 28.2 Å². The number of hydrogen-bond acceptors (Lipinski definition) is 4. The number of aromatic nitrogens is 2. The first-order valence-electron chi connectivity index (χ1n) is 10.8. The molecule has 6 nitrogen and oxygen atoms in total. The summed E-state index contributed by atoms with van der Waals surface area (Å²) in [6, 6.07) is 22.1. The number of ether oxygens (including phenoxy) is 1. The van der Waals surface area contributed by atoms with E-state index in [0.717, 1.165) is 11.3 Å². The van der Waals surface area contributed by atoms with E-state index >= 15 is 0 Å². The van der Waals surface area contributed by atoms with Gasteiger partial charge in [-0.2, -0.15) is 0 Å². The summed E-state index contributed by atoms with van der Waals surface area (Å²) in [5, 5.41) is 0.512. The molecule has 1 aliphatic rings. The molecule has 1 amide bonds. The van der Waals surface area contributed by atoms with Gasteiger partial charge in [0.15, 0.2) is 0 Å². The molecule has 33 heavy (non-hydrogen) atoms. The Balaban J connectivity index is 1.78. The minimum atomic E-state index is -0.197. The van der Waals surface area contributed by atoms with Gasteiger partial charge in [0, 0.05) is 11.6 Å². The SMILES string of the molecule is COc1ccc(-n2c(/C=C3\C(=O)N(C(C)C)c4ccccc43)nc3ccccc3c2=O)cc1. The van der Waals surface area contributed by atoms with E-state index in [9.17, 15) is 9.59 Å². The van der Waals surface area contributed by atoms with Crippen LogP contribution in [-0.2, 0) is 4.79 Å². The summed E-state index contributed by atoms with van der Waals surface area (Å²) in [5.41, 5.74) is 3.24. The van der Waals surface area contributed by atoms with E-state index in [-0.39, 0.29) is 17.5 Å². The van der Waals surface area contributed by atoms with E-state index in [4.69, 9.17) is 9.72 Å². The summed E-state index contributed by atoms with van der Waals surface area (Å²) in [7, 11) is 1.60. The standard InChI is InChI=1S/C27H23N3O3/c1-17(2)29-24-11-7-5-8-20(24)22(27(29)32)16-25-28-23-10-6-4-9-21(23)26(31)30(25)18-12-14-19(33-3)15-13-18/h4-17H,1-3H3/b22-16-. The molecule has 0 aliphatic carbocycles. The van der Waals surface area contributed by atoms with Gasteiger partial charge in [-0.1, -0.05) is 30.3 Å². The highest BCUT2D eigenvalue weighted by Gasteiger charge is 2.34. The zero-order valence-corrected chi connectivity index (χ0v) is 18.6. The van der Waals surface area contributed by atoms with Crippen molar-refractivity contribution in [1.29, 1.82) is 0 Å². The predicted molar refractivity (Wildman–Crippen MR) is 131 cm³/mol. The van der Waals surface area contributed by atoms with Crippen LogP contribution in [0.3, 0.4) is 0 Å². The Morgan fingerprint density at radius 3 is 2.33 bits per heavy atom. The van der Waals surface area contributed by atoms with Gasteiger partial charge >= 0.3 is 0 Å². The lowest BCUT2D eigenvalue weighted by atomic mass is 10.1. The highest BCUT2D eigenvalue weighted by Crippen LogP contribution is 2.38. The lowest BCUT2D eigenvalue weighted by Crippen LogP contribution is -2.33. The van der Waals surface area contributed by atoms with Crippen LogP contribution < -0.4 is 15.2 Å². The highest BCUT2D eigenvalue weighted by atomic mass is 16.5. The number of amides is 1. The Labute approximate surface area is 191 Å². The monoisotopic (exact) mass is 437 g/mol. The number of para-hydroxylation sites is 2. The average molecular weight is 437 g/mol. The lowest BCUT2D eigenvalue weighted by molar-refractivity contribution is -0.113. The highest BCUT2D eigenvalue weighted by molar-refractivity contribution is 6.35. The number of hydrogen-bond donors (Lipinski definition) is 0. The van der Waals surface area contributed by atoms with Gasteiger partial charge in [0.05, 0.1) is 35.0 Å². The maximum absolute atomic E-state index is 13.5. The van der Waals surface area contributed by atoms with Gasteiger partial charge in [0.2, 0.25) is 0 Å². The van der Waals surface area contributed by atoms with Crippen molar-refractivity contribution in [3.63, 3.8) is 0 Å². The van der Waals surface area contributed by atoms with Crippen LogP contribution in [0.2, 0.25) is 0 Å². The molecule has 0 radical (unpaired) electrons. The second-order valence-electron chi connectivity index (χ2n) is 8.17. The molecule has 4 aromatic rings. The summed E-state index contributed by atoms with van der Waals surface area (Å²) in [6.45, 7) is 3.97. The molecule has 0 bridgehead atoms. The van der Waals surface area contributed by atoms with Crippen molar-refractivity contribution in [2.24, 2.45) is 0 Å². The Kier molecular flexibility index (Phi) is 5.05. The van der Waals surface area contributed by atoms with Crippen molar-refractivity contribution < 1.29 is 9.53 Å². The van der Waals surface area contributed by atoms with Gasteiger partial charge < -0.3 is 9.64 Å². The molecule has 6 heteroatoms. The number of methoxy groups -OCH3 is 1. The van der Waals surface area contributed by atoms with Crippen molar-refractivity contribution in [1.82, 2.24) is 9.55 Å². The molecule has 0 unspecified atom stereocenters. The van der Waals surface area contributed by atoms with Crippen LogP contribution in [0.15, 0.2) is 77.6 Å². The number of carbonyl (C=O) groups is 1. The second-order valence-corrected chi connectivity index (χ2v) is 8.17. The first kappa shape index (κ1) is 20.7. The van der Waals surface area contributed by atoms with E-state index in [2.05, 4.69) is 0 Å². The average Bonchev–Trinajstić information content (AvgIpc) is 3.11. The Hall–Kier alpha value is -4.19. The molecular formula is C27H23N3O3. The molecule has 0 atom stereocenters. The summed E-state index contributed by atoms with van der Waals surface area (Å²) in [4.78, 5) is 33.5. The summed E-state index contributed by atoms with van der Waals surface area (Å²) in [5.74, 6) is 0.982. The maximum Gasteiger partial charge on any atom is 0.266 e. The van der Waals surface area contributed by atoms with Crippen LogP contribution in [0.1, 0.15) is 25.2 Å². The fourth-order valence-electron chi connectivity index (χ4n) is 4.27. The smallest absolute Gasteiger partial charge is 0.266 e. The predicted octanol–water partition coefficient (Wildman–Crippen LogP) is 4.69. The number of benzene rings is 3. The normalized spacial score (nSPS) is 14.4. The largest absolute Gasteiger partial charge is 0.497 e. The van der Waals surface area contributed by atoms with E-state index < -0.39 is 0 Å².